The molecule has 0 fully saturated rings. The lowest BCUT2D eigenvalue weighted by molar-refractivity contribution is 0.0469. The average Bonchev–Trinajstić information content (AvgIpc) is 2.49. The number of ether oxygens (including phenoxy) is 1. The zero-order chi connectivity index (χ0) is 15.4. The zero-order valence-corrected chi connectivity index (χ0v) is 11.4. The van der Waals surface area contributed by atoms with Crippen molar-refractivity contribution < 1.29 is 13.9 Å². The van der Waals surface area contributed by atoms with Crippen molar-refractivity contribution in [1.82, 2.24) is 0 Å². The van der Waals surface area contributed by atoms with Gasteiger partial charge in [0.25, 0.3) is 0 Å². The van der Waals surface area contributed by atoms with Gasteiger partial charge in [0.15, 0.2) is 0 Å². The molecular weight excluding hydrogens is 271 g/mol. The van der Waals surface area contributed by atoms with Gasteiger partial charge in [-0.3, -0.25) is 0 Å². The molecule has 0 aromatic heterocycles. The summed E-state index contributed by atoms with van der Waals surface area (Å²) in [6, 6.07) is 10.6. The van der Waals surface area contributed by atoms with Crippen molar-refractivity contribution >= 4 is 11.7 Å². The van der Waals surface area contributed by atoms with Crippen LogP contribution in [0.4, 0.5) is 10.1 Å². The molecule has 0 saturated carbocycles. The summed E-state index contributed by atoms with van der Waals surface area (Å²) in [5.41, 5.74) is 7.84. The molecule has 0 amide bonds. The third-order valence-electron chi connectivity index (χ3n) is 3.04. The van der Waals surface area contributed by atoms with Crippen LogP contribution in [0, 0.1) is 24.1 Å². The van der Waals surface area contributed by atoms with Gasteiger partial charge in [0, 0.05) is 11.3 Å². The summed E-state index contributed by atoms with van der Waals surface area (Å²) in [5.74, 6) is -1.09. The molecule has 0 radical (unpaired) electrons. The van der Waals surface area contributed by atoms with Crippen LogP contribution in [0.25, 0.3) is 0 Å². The fourth-order valence-corrected chi connectivity index (χ4v) is 1.78. The molecule has 2 aromatic rings. The minimum Gasteiger partial charge on any atom is -0.457 e. The number of rotatable bonds is 3. The zero-order valence-electron chi connectivity index (χ0n) is 11.4. The first-order chi connectivity index (χ1) is 10.0. The van der Waals surface area contributed by atoms with Crippen LogP contribution < -0.4 is 5.73 Å². The summed E-state index contributed by atoms with van der Waals surface area (Å²) in [7, 11) is 0. The highest BCUT2D eigenvalue weighted by Crippen LogP contribution is 2.15. The number of esters is 1. The van der Waals surface area contributed by atoms with E-state index < -0.39 is 11.8 Å². The molecule has 0 aliphatic heterocycles. The number of carbonyl (C=O) groups excluding carboxylic acids is 1. The average molecular weight is 284 g/mol. The number of carbonyl (C=O) groups is 1. The number of halogens is 1. The van der Waals surface area contributed by atoms with Crippen molar-refractivity contribution in [2.75, 3.05) is 5.73 Å². The van der Waals surface area contributed by atoms with Gasteiger partial charge in [-0.15, -0.1) is 0 Å². The molecule has 0 aliphatic carbocycles. The standard InChI is InChI=1S/C16H13FN2O2/c1-10-6-12(3-5-15(10)19)16(20)21-9-13-7-11(8-18)2-4-14(13)17/h2-7H,9,19H2,1H3. The Balaban J connectivity index is 2.11. The van der Waals surface area contributed by atoms with E-state index in [0.717, 1.165) is 5.56 Å². The second-order valence-corrected chi connectivity index (χ2v) is 4.57. The Kier molecular flexibility index (Phi) is 4.19. The van der Waals surface area contributed by atoms with E-state index in [1.807, 2.05) is 6.07 Å². The van der Waals surface area contributed by atoms with Crippen molar-refractivity contribution in [3.63, 3.8) is 0 Å². The van der Waals surface area contributed by atoms with Gasteiger partial charge < -0.3 is 10.5 Å². The summed E-state index contributed by atoms with van der Waals surface area (Å²) in [6.07, 6.45) is 0. The van der Waals surface area contributed by atoms with Crippen molar-refractivity contribution in [3.8, 4) is 6.07 Å². The number of nitriles is 1. The Labute approximate surface area is 121 Å². The molecule has 2 N–H and O–H groups in total. The van der Waals surface area contributed by atoms with Gasteiger partial charge in [0.05, 0.1) is 17.2 Å². The first-order valence-corrected chi connectivity index (χ1v) is 6.23. The molecule has 5 heteroatoms. The van der Waals surface area contributed by atoms with Gasteiger partial charge >= 0.3 is 5.97 Å². The van der Waals surface area contributed by atoms with Crippen LogP contribution in [0.3, 0.4) is 0 Å². The minimum absolute atomic E-state index is 0.162. The van der Waals surface area contributed by atoms with Crippen LogP contribution in [0.2, 0.25) is 0 Å². The Morgan fingerprint density at radius 1 is 1.33 bits per heavy atom. The Morgan fingerprint density at radius 2 is 2.10 bits per heavy atom. The van der Waals surface area contributed by atoms with Crippen molar-refractivity contribution in [2.24, 2.45) is 0 Å². The SMILES string of the molecule is Cc1cc(C(=O)OCc2cc(C#N)ccc2F)ccc1N. The van der Waals surface area contributed by atoms with Crippen molar-refractivity contribution in [2.45, 2.75) is 13.5 Å². The summed E-state index contributed by atoms with van der Waals surface area (Å²) in [5, 5.41) is 8.77. The van der Waals surface area contributed by atoms with E-state index >= 15 is 0 Å². The van der Waals surface area contributed by atoms with Gasteiger partial charge in [-0.1, -0.05) is 0 Å². The number of nitrogens with two attached hydrogens (primary N) is 1. The van der Waals surface area contributed by atoms with E-state index in [2.05, 4.69) is 0 Å². The van der Waals surface area contributed by atoms with Crippen LogP contribution in [-0.2, 0) is 11.3 Å². The Hall–Kier alpha value is -2.87. The molecule has 0 atom stereocenters. The second kappa shape index (κ2) is 6.06. The molecule has 4 nitrogen and oxygen atoms in total. The fourth-order valence-electron chi connectivity index (χ4n) is 1.78. The fraction of sp³-hybridized carbons (Fsp3) is 0.125. The normalized spacial score (nSPS) is 9.95. The molecule has 0 saturated heterocycles. The van der Waals surface area contributed by atoms with Gasteiger partial charge in [-0.25, -0.2) is 9.18 Å². The van der Waals surface area contributed by atoms with Gasteiger partial charge in [0.1, 0.15) is 12.4 Å². The predicted octanol–water partition coefficient (Wildman–Crippen LogP) is 2.95. The number of aryl methyl sites for hydroxylation is 1. The molecular formula is C16H13FN2O2. The van der Waals surface area contributed by atoms with E-state index in [0.29, 0.717) is 16.8 Å². The van der Waals surface area contributed by atoms with Crippen molar-refractivity contribution in [3.05, 3.63) is 64.5 Å². The summed E-state index contributed by atoms with van der Waals surface area (Å²) < 4.78 is 18.6. The minimum atomic E-state index is -0.570. The smallest absolute Gasteiger partial charge is 0.338 e. The lowest BCUT2D eigenvalue weighted by Gasteiger charge is -2.07. The van der Waals surface area contributed by atoms with E-state index in [4.69, 9.17) is 15.7 Å². The summed E-state index contributed by atoms with van der Waals surface area (Å²) in [4.78, 5) is 11.9. The first-order valence-electron chi connectivity index (χ1n) is 6.23. The lowest BCUT2D eigenvalue weighted by Crippen LogP contribution is -2.07. The monoisotopic (exact) mass is 284 g/mol. The van der Waals surface area contributed by atoms with Crippen LogP contribution in [0.15, 0.2) is 36.4 Å². The second-order valence-electron chi connectivity index (χ2n) is 4.57. The van der Waals surface area contributed by atoms with E-state index in [-0.39, 0.29) is 12.2 Å². The summed E-state index contributed by atoms with van der Waals surface area (Å²) in [6.45, 7) is 1.55. The Morgan fingerprint density at radius 3 is 2.76 bits per heavy atom. The maximum absolute atomic E-state index is 13.6. The third kappa shape index (κ3) is 3.37. The number of benzene rings is 2. The van der Waals surface area contributed by atoms with Gasteiger partial charge in [-0.05, 0) is 48.9 Å². The molecule has 0 bridgehead atoms. The molecule has 21 heavy (non-hydrogen) atoms. The molecule has 0 heterocycles. The topological polar surface area (TPSA) is 76.1 Å². The number of anilines is 1. The largest absolute Gasteiger partial charge is 0.457 e. The highest BCUT2D eigenvalue weighted by Gasteiger charge is 2.11. The van der Waals surface area contributed by atoms with E-state index in [9.17, 15) is 9.18 Å². The molecule has 2 rings (SSSR count). The number of nitrogens with zero attached hydrogens (tertiary/aromatic N) is 1. The van der Waals surface area contributed by atoms with Crippen LogP contribution >= 0.6 is 0 Å². The maximum Gasteiger partial charge on any atom is 0.338 e. The molecule has 106 valence electrons. The van der Waals surface area contributed by atoms with Crippen LogP contribution in [-0.4, -0.2) is 5.97 Å². The molecule has 0 unspecified atom stereocenters. The Bertz CT molecular complexity index is 736. The highest BCUT2D eigenvalue weighted by atomic mass is 19.1. The summed E-state index contributed by atoms with van der Waals surface area (Å²) >= 11 is 0. The maximum atomic E-state index is 13.6. The highest BCUT2D eigenvalue weighted by molar-refractivity contribution is 5.90. The van der Waals surface area contributed by atoms with Gasteiger partial charge in [-0.2, -0.15) is 5.26 Å². The third-order valence-corrected chi connectivity index (χ3v) is 3.04. The molecule has 0 spiro atoms. The predicted molar refractivity (Wildman–Crippen MR) is 75.8 cm³/mol. The number of hydrogen-bond donors (Lipinski definition) is 1. The van der Waals surface area contributed by atoms with E-state index in [1.165, 1.54) is 18.2 Å². The first kappa shape index (κ1) is 14.5. The van der Waals surface area contributed by atoms with Gasteiger partial charge in [0.2, 0.25) is 0 Å². The van der Waals surface area contributed by atoms with Crippen molar-refractivity contribution in [1.29, 1.82) is 5.26 Å². The quantitative estimate of drug-likeness (QED) is 0.694. The number of nitrogen functional groups attached to an aromatic ring is 1. The number of hydrogen-bond acceptors (Lipinski definition) is 4. The molecule has 0 aliphatic rings. The van der Waals surface area contributed by atoms with E-state index in [1.54, 1.807) is 25.1 Å². The van der Waals surface area contributed by atoms with Crippen LogP contribution in [0.1, 0.15) is 27.0 Å². The lowest BCUT2D eigenvalue weighted by atomic mass is 10.1. The van der Waals surface area contributed by atoms with Crippen LogP contribution in [0.5, 0.6) is 0 Å². The molecule has 2 aromatic carbocycles.